The van der Waals surface area contributed by atoms with Gasteiger partial charge in [0.05, 0.1) is 10.2 Å². The van der Waals surface area contributed by atoms with Crippen molar-refractivity contribution >= 4 is 33.2 Å². The first-order valence-corrected chi connectivity index (χ1v) is 6.80. The summed E-state index contributed by atoms with van der Waals surface area (Å²) in [5.41, 5.74) is 0.420. The molecule has 0 amide bonds. The van der Waals surface area contributed by atoms with E-state index in [0.717, 1.165) is 6.42 Å². The van der Waals surface area contributed by atoms with Crippen molar-refractivity contribution in [1.29, 1.82) is 0 Å². The Morgan fingerprint density at radius 2 is 2.11 bits per heavy atom. The van der Waals surface area contributed by atoms with Crippen LogP contribution in [-0.4, -0.2) is 26.4 Å². The van der Waals surface area contributed by atoms with Crippen LogP contribution < -0.4 is 10.1 Å². The average Bonchev–Trinajstić information content (AvgIpc) is 2.30. The number of methoxy groups -OCH3 is 1. The van der Waals surface area contributed by atoms with Crippen LogP contribution in [0.1, 0.15) is 13.3 Å². The molecular formula is C12H15BrClF2NO2. The summed E-state index contributed by atoms with van der Waals surface area (Å²) in [5.74, 6) is 0.0451. The van der Waals surface area contributed by atoms with Crippen molar-refractivity contribution in [3.05, 3.63) is 21.6 Å². The maximum absolute atomic E-state index is 12.4. The Hall–Kier alpha value is -0.590. The van der Waals surface area contributed by atoms with Crippen LogP contribution in [-0.2, 0) is 4.74 Å². The van der Waals surface area contributed by atoms with Crippen molar-refractivity contribution in [3.8, 4) is 5.75 Å². The summed E-state index contributed by atoms with van der Waals surface area (Å²) in [4.78, 5) is 0. The molecule has 1 atom stereocenters. The molecule has 0 heterocycles. The van der Waals surface area contributed by atoms with Crippen molar-refractivity contribution < 1.29 is 18.3 Å². The second-order valence-corrected chi connectivity index (χ2v) is 5.26. The molecule has 1 aromatic carbocycles. The van der Waals surface area contributed by atoms with Gasteiger partial charge in [-0.1, -0.05) is 11.6 Å². The maximum Gasteiger partial charge on any atom is 0.387 e. The molecule has 0 bridgehead atoms. The lowest BCUT2D eigenvalue weighted by Gasteiger charge is -2.19. The van der Waals surface area contributed by atoms with Crippen LogP contribution in [0.25, 0.3) is 0 Å². The number of rotatable bonds is 7. The minimum atomic E-state index is -2.90. The lowest BCUT2D eigenvalue weighted by molar-refractivity contribution is -0.0499. The molecule has 0 aromatic heterocycles. The lowest BCUT2D eigenvalue weighted by atomic mass is 10.2. The fourth-order valence-corrected chi connectivity index (χ4v) is 2.41. The number of benzene rings is 1. The van der Waals surface area contributed by atoms with E-state index in [9.17, 15) is 8.78 Å². The summed E-state index contributed by atoms with van der Waals surface area (Å²) in [6, 6.07) is 3.09. The summed E-state index contributed by atoms with van der Waals surface area (Å²) in [6.45, 7) is -0.409. The number of ether oxygens (including phenoxy) is 2. The monoisotopic (exact) mass is 357 g/mol. The molecule has 0 fully saturated rings. The predicted octanol–water partition coefficient (Wildman–Crippen LogP) is 4.54. The van der Waals surface area contributed by atoms with Crippen LogP contribution in [0.4, 0.5) is 14.5 Å². The van der Waals surface area contributed by atoms with E-state index in [0.29, 0.717) is 21.8 Å². The third-order valence-electron chi connectivity index (χ3n) is 2.37. The highest BCUT2D eigenvalue weighted by Gasteiger charge is 2.16. The smallest absolute Gasteiger partial charge is 0.387 e. The third kappa shape index (κ3) is 5.50. The maximum atomic E-state index is 12.4. The van der Waals surface area contributed by atoms with Crippen LogP contribution in [0.15, 0.2) is 16.6 Å². The highest BCUT2D eigenvalue weighted by molar-refractivity contribution is 9.10. The van der Waals surface area contributed by atoms with E-state index in [-0.39, 0.29) is 11.8 Å². The van der Waals surface area contributed by atoms with Crippen LogP contribution in [0.5, 0.6) is 5.75 Å². The van der Waals surface area contributed by atoms with Crippen LogP contribution >= 0.6 is 27.5 Å². The zero-order valence-electron chi connectivity index (χ0n) is 10.6. The van der Waals surface area contributed by atoms with Gasteiger partial charge in [0.2, 0.25) is 0 Å². The fraction of sp³-hybridized carbons (Fsp3) is 0.500. The van der Waals surface area contributed by atoms with Crippen LogP contribution in [0, 0.1) is 0 Å². The van der Waals surface area contributed by atoms with Crippen molar-refractivity contribution in [3.63, 3.8) is 0 Å². The Kier molecular flexibility index (Phi) is 6.82. The third-order valence-corrected chi connectivity index (χ3v) is 3.18. The van der Waals surface area contributed by atoms with Gasteiger partial charge in [-0.25, -0.2) is 0 Å². The molecule has 0 spiro atoms. The molecule has 3 nitrogen and oxygen atoms in total. The molecule has 108 valence electrons. The number of alkyl halides is 2. The standard InChI is InChI=1S/C12H15BrClF2NO2/c1-7(3-4-18-2)17-10-6-8(14)5-9(13)11(10)19-12(15)16/h5-7,12,17H,3-4H2,1-2H3. The van der Waals surface area contributed by atoms with Gasteiger partial charge in [-0.05, 0) is 41.4 Å². The highest BCUT2D eigenvalue weighted by atomic mass is 79.9. The lowest BCUT2D eigenvalue weighted by Crippen LogP contribution is -2.18. The van der Waals surface area contributed by atoms with Gasteiger partial charge in [0.1, 0.15) is 0 Å². The molecule has 0 saturated carbocycles. The van der Waals surface area contributed by atoms with Crippen molar-refractivity contribution in [1.82, 2.24) is 0 Å². The Morgan fingerprint density at radius 1 is 1.42 bits per heavy atom. The number of hydrogen-bond donors (Lipinski definition) is 1. The zero-order valence-corrected chi connectivity index (χ0v) is 12.9. The van der Waals surface area contributed by atoms with E-state index in [4.69, 9.17) is 16.3 Å². The topological polar surface area (TPSA) is 30.5 Å². The molecule has 1 aromatic rings. The van der Waals surface area contributed by atoms with Crippen LogP contribution in [0.2, 0.25) is 5.02 Å². The Morgan fingerprint density at radius 3 is 2.68 bits per heavy atom. The van der Waals surface area contributed by atoms with Crippen molar-refractivity contribution in [2.75, 3.05) is 19.0 Å². The van der Waals surface area contributed by atoms with Gasteiger partial charge >= 0.3 is 6.61 Å². The predicted molar refractivity (Wildman–Crippen MR) is 75.4 cm³/mol. The van der Waals surface area contributed by atoms with Gasteiger partial charge < -0.3 is 14.8 Å². The van der Waals surface area contributed by atoms with Gasteiger partial charge in [-0.15, -0.1) is 0 Å². The highest BCUT2D eigenvalue weighted by Crippen LogP contribution is 2.38. The van der Waals surface area contributed by atoms with Crippen LogP contribution in [0.3, 0.4) is 0 Å². The summed E-state index contributed by atoms with van der Waals surface area (Å²) in [5, 5.41) is 3.51. The Bertz CT molecular complexity index is 421. The van der Waals surface area contributed by atoms with Crippen molar-refractivity contribution in [2.24, 2.45) is 0 Å². The quantitative estimate of drug-likeness (QED) is 0.776. The van der Waals surface area contributed by atoms with E-state index in [2.05, 4.69) is 26.0 Å². The molecular weight excluding hydrogens is 343 g/mol. The summed E-state index contributed by atoms with van der Waals surface area (Å²) in [6.07, 6.45) is 0.731. The SMILES string of the molecule is COCCC(C)Nc1cc(Cl)cc(Br)c1OC(F)F. The first-order valence-electron chi connectivity index (χ1n) is 5.63. The van der Waals surface area contributed by atoms with E-state index in [1.807, 2.05) is 6.92 Å². The Balaban J connectivity index is 2.90. The number of nitrogens with one attached hydrogen (secondary N) is 1. The normalized spacial score (nSPS) is 12.6. The molecule has 7 heteroatoms. The fourth-order valence-electron chi connectivity index (χ4n) is 1.51. The minimum Gasteiger partial charge on any atom is -0.431 e. The minimum absolute atomic E-state index is 0.0327. The zero-order chi connectivity index (χ0) is 14.4. The van der Waals surface area contributed by atoms with Gasteiger partial charge in [0, 0.05) is 24.8 Å². The molecule has 1 rings (SSSR count). The van der Waals surface area contributed by atoms with E-state index in [1.54, 1.807) is 13.2 Å². The van der Waals surface area contributed by atoms with Gasteiger partial charge in [0.15, 0.2) is 5.75 Å². The molecule has 0 aliphatic heterocycles. The first-order chi connectivity index (χ1) is 8.93. The molecule has 0 saturated heterocycles. The Labute approximate surface area is 124 Å². The summed E-state index contributed by atoms with van der Waals surface area (Å²) < 4.78 is 34.6. The molecule has 0 radical (unpaired) electrons. The van der Waals surface area contributed by atoms with E-state index >= 15 is 0 Å². The van der Waals surface area contributed by atoms with Gasteiger partial charge in [-0.2, -0.15) is 8.78 Å². The molecule has 0 aliphatic rings. The van der Waals surface area contributed by atoms with E-state index in [1.165, 1.54) is 6.07 Å². The number of halogens is 4. The molecule has 0 aliphatic carbocycles. The van der Waals surface area contributed by atoms with Gasteiger partial charge in [0.25, 0.3) is 0 Å². The average molecular weight is 359 g/mol. The number of anilines is 1. The molecule has 1 unspecified atom stereocenters. The van der Waals surface area contributed by atoms with E-state index < -0.39 is 6.61 Å². The summed E-state index contributed by atoms with van der Waals surface area (Å²) >= 11 is 9.07. The van der Waals surface area contributed by atoms with Crippen molar-refractivity contribution in [2.45, 2.75) is 26.0 Å². The summed E-state index contributed by atoms with van der Waals surface area (Å²) in [7, 11) is 1.61. The number of hydrogen-bond acceptors (Lipinski definition) is 3. The molecule has 19 heavy (non-hydrogen) atoms. The second kappa shape index (κ2) is 7.87. The molecule has 1 N–H and O–H groups in total. The second-order valence-electron chi connectivity index (χ2n) is 3.97. The first kappa shape index (κ1) is 16.5. The largest absolute Gasteiger partial charge is 0.431 e. The van der Waals surface area contributed by atoms with Gasteiger partial charge in [-0.3, -0.25) is 0 Å².